The number of cyclic esters (lactones) is 2. The number of allylic oxidation sites excluding steroid dienone is 3. The topological polar surface area (TPSA) is 172 Å². The van der Waals surface area contributed by atoms with E-state index in [4.69, 9.17) is 18.9 Å². The van der Waals surface area contributed by atoms with E-state index in [2.05, 4.69) is 6.58 Å². The number of esters is 2. The van der Waals surface area contributed by atoms with Crippen molar-refractivity contribution in [2.45, 2.75) is 161 Å². The third-order valence-electron chi connectivity index (χ3n) is 11.8. The van der Waals surface area contributed by atoms with Gasteiger partial charge in [0.25, 0.3) is 0 Å². The van der Waals surface area contributed by atoms with E-state index in [1.54, 1.807) is 27.2 Å². The molecule has 0 saturated carbocycles. The Bertz CT molecular complexity index is 1170. The number of rotatable bonds is 22. The van der Waals surface area contributed by atoms with Gasteiger partial charge in [-0.1, -0.05) is 71.1 Å². The highest BCUT2D eigenvalue weighted by atomic mass is 16.6. The van der Waals surface area contributed by atoms with Crippen molar-refractivity contribution in [1.29, 1.82) is 0 Å². The zero-order valence-electron chi connectivity index (χ0n) is 33.1. The molecule has 52 heavy (non-hydrogen) atoms. The maximum Gasteiger partial charge on any atom is 0.338 e. The zero-order valence-corrected chi connectivity index (χ0v) is 33.1. The SMILES string of the molecule is C=CC(C)=CC(C)C1CC(O)(C(C)CCC(CC(CC(O)C(C)CC=CC(C)C2CC(C(C)CCC(C)O)C(O)C(=O)O2)OC)OC)C(O)C(=O)O1. The lowest BCUT2D eigenvalue weighted by Crippen LogP contribution is -2.59. The molecule has 0 bridgehead atoms. The lowest BCUT2D eigenvalue weighted by molar-refractivity contribution is -0.212. The summed E-state index contributed by atoms with van der Waals surface area (Å²) in [6.07, 6.45) is 6.85. The van der Waals surface area contributed by atoms with Crippen molar-refractivity contribution >= 4 is 11.9 Å². The molecular weight excluding hydrogens is 668 g/mol. The minimum absolute atomic E-state index is 0.0643. The maximum absolute atomic E-state index is 12.6. The number of aliphatic hydroxyl groups excluding tert-OH is 4. The number of hydrogen-bond acceptors (Lipinski definition) is 11. The number of methoxy groups -OCH3 is 2. The second-order valence-electron chi connectivity index (χ2n) is 16.0. The van der Waals surface area contributed by atoms with Crippen molar-refractivity contribution in [2.75, 3.05) is 14.2 Å². The summed E-state index contributed by atoms with van der Waals surface area (Å²) in [5.74, 6) is -2.34. The molecule has 11 heteroatoms. The normalized spacial score (nSPS) is 31.1. The number of aliphatic hydroxyl groups is 5. The lowest BCUT2D eigenvalue weighted by atomic mass is 9.73. The molecule has 2 saturated heterocycles. The van der Waals surface area contributed by atoms with E-state index in [-0.39, 0.29) is 54.3 Å². The molecule has 0 amide bonds. The molecule has 300 valence electrons. The van der Waals surface area contributed by atoms with Gasteiger partial charge in [-0.25, -0.2) is 9.59 Å². The first-order valence-corrected chi connectivity index (χ1v) is 19.3. The predicted molar refractivity (Wildman–Crippen MR) is 200 cm³/mol. The zero-order chi connectivity index (χ0) is 39.3. The summed E-state index contributed by atoms with van der Waals surface area (Å²) < 4.78 is 22.6. The first-order chi connectivity index (χ1) is 24.4. The highest BCUT2D eigenvalue weighted by molar-refractivity contribution is 5.77. The molecular formula is C41H70O11. The highest BCUT2D eigenvalue weighted by Crippen LogP contribution is 2.39. The summed E-state index contributed by atoms with van der Waals surface area (Å²) in [4.78, 5) is 25.1. The van der Waals surface area contributed by atoms with Crippen molar-refractivity contribution in [1.82, 2.24) is 0 Å². The van der Waals surface area contributed by atoms with Crippen LogP contribution in [0, 0.1) is 35.5 Å². The van der Waals surface area contributed by atoms with Crippen LogP contribution in [0.4, 0.5) is 0 Å². The summed E-state index contributed by atoms with van der Waals surface area (Å²) in [6, 6.07) is 0. The van der Waals surface area contributed by atoms with E-state index in [9.17, 15) is 35.1 Å². The molecule has 15 atom stereocenters. The van der Waals surface area contributed by atoms with Crippen LogP contribution in [0.3, 0.4) is 0 Å². The molecule has 2 fully saturated rings. The van der Waals surface area contributed by atoms with Crippen molar-refractivity contribution in [3.63, 3.8) is 0 Å². The molecule has 15 unspecified atom stereocenters. The van der Waals surface area contributed by atoms with E-state index < -0.39 is 54.0 Å². The smallest absolute Gasteiger partial charge is 0.338 e. The molecule has 0 aromatic carbocycles. The summed E-state index contributed by atoms with van der Waals surface area (Å²) in [5, 5.41) is 53.6. The number of hydrogen-bond donors (Lipinski definition) is 5. The molecule has 0 aromatic heterocycles. The van der Waals surface area contributed by atoms with Crippen molar-refractivity contribution < 1.29 is 54.1 Å². The van der Waals surface area contributed by atoms with Crippen molar-refractivity contribution in [2.24, 2.45) is 35.5 Å². The average Bonchev–Trinajstić information content (AvgIpc) is 3.10. The number of carbonyl (C=O) groups is 2. The monoisotopic (exact) mass is 738 g/mol. The minimum atomic E-state index is -1.65. The Labute approximate surface area is 312 Å². The average molecular weight is 739 g/mol. The van der Waals surface area contributed by atoms with Gasteiger partial charge in [-0.3, -0.25) is 0 Å². The molecule has 2 rings (SSSR count). The van der Waals surface area contributed by atoms with E-state index in [1.165, 1.54) is 0 Å². The van der Waals surface area contributed by atoms with Gasteiger partial charge in [-0.05, 0) is 83.0 Å². The van der Waals surface area contributed by atoms with Gasteiger partial charge in [-0.15, -0.1) is 0 Å². The van der Waals surface area contributed by atoms with E-state index >= 15 is 0 Å². The van der Waals surface area contributed by atoms with Crippen LogP contribution >= 0.6 is 0 Å². The van der Waals surface area contributed by atoms with Gasteiger partial charge in [0.2, 0.25) is 0 Å². The van der Waals surface area contributed by atoms with Gasteiger partial charge < -0.3 is 44.5 Å². The largest absolute Gasteiger partial charge is 0.460 e. The minimum Gasteiger partial charge on any atom is -0.460 e. The summed E-state index contributed by atoms with van der Waals surface area (Å²) >= 11 is 0. The Balaban J connectivity index is 1.92. The second-order valence-corrected chi connectivity index (χ2v) is 16.0. The fourth-order valence-corrected chi connectivity index (χ4v) is 7.56. The van der Waals surface area contributed by atoms with Crippen LogP contribution in [0.25, 0.3) is 0 Å². The van der Waals surface area contributed by atoms with Crippen LogP contribution in [-0.4, -0.2) is 106 Å². The molecule has 2 aliphatic heterocycles. The molecule has 0 spiro atoms. The standard InChI is InChI=1S/C41H70O11/c1-11-24(2)19-28(6)36-23-41(48,38(45)40(47)52-36)29(7)16-18-31(49-9)20-32(50-10)21-34(43)26(4)13-12-14-27(5)35-22-33(37(44)39(46)51-35)25(3)15-17-30(8)42/h11-12,14,19,25-38,42-45,48H,1,13,15-18,20-23H2,2-10H3. The molecule has 5 N–H and O–H groups in total. The van der Waals surface area contributed by atoms with Crippen molar-refractivity contribution in [3.8, 4) is 0 Å². The Hall–Kier alpha value is -2.12. The summed E-state index contributed by atoms with van der Waals surface area (Å²) in [5.41, 5.74) is -0.721. The fourth-order valence-electron chi connectivity index (χ4n) is 7.56. The highest BCUT2D eigenvalue weighted by Gasteiger charge is 2.52. The Morgan fingerprint density at radius 2 is 1.54 bits per heavy atom. The van der Waals surface area contributed by atoms with Gasteiger partial charge >= 0.3 is 11.9 Å². The summed E-state index contributed by atoms with van der Waals surface area (Å²) in [7, 11) is 3.22. The van der Waals surface area contributed by atoms with E-state index in [1.807, 2.05) is 59.8 Å². The maximum atomic E-state index is 12.6. The fraction of sp³-hybridized carbons (Fsp3) is 0.805. The molecule has 2 heterocycles. The predicted octanol–water partition coefficient (Wildman–Crippen LogP) is 5.06. The molecule has 0 aliphatic carbocycles. The Morgan fingerprint density at radius 1 is 0.904 bits per heavy atom. The van der Waals surface area contributed by atoms with Crippen LogP contribution in [0.1, 0.15) is 106 Å². The quantitative estimate of drug-likeness (QED) is 0.0572. The van der Waals surface area contributed by atoms with E-state index in [0.29, 0.717) is 51.4 Å². The van der Waals surface area contributed by atoms with E-state index in [0.717, 1.165) is 5.57 Å². The molecule has 0 aromatic rings. The second kappa shape index (κ2) is 21.7. The summed E-state index contributed by atoms with van der Waals surface area (Å²) in [6.45, 7) is 17.1. The lowest BCUT2D eigenvalue weighted by Gasteiger charge is -2.44. The Kier molecular flexibility index (Phi) is 19.2. The number of ether oxygens (including phenoxy) is 4. The third-order valence-corrected chi connectivity index (χ3v) is 11.8. The van der Waals surface area contributed by atoms with Crippen LogP contribution < -0.4 is 0 Å². The molecule has 2 aliphatic rings. The van der Waals surface area contributed by atoms with Crippen LogP contribution in [-0.2, 0) is 28.5 Å². The first kappa shape index (κ1) is 46.0. The molecule has 0 radical (unpaired) electrons. The van der Waals surface area contributed by atoms with Gasteiger partial charge in [0.1, 0.15) is 17.8 Å². The van der Waals surface area contributed by atoms with Crippen LogP contribution in [0.15, 0.2) is 36.5 Å². The van der Waals surface area contributed by atoms with Gasteiger partial charge in [0, 0.05) is 38.4 Å². The van der Waals surface area contributed by atoms with Gasteiger partial charge in [0.15, 0.2) is 12.2 Å². The van der Waals surface area contributed by atoms with Gasteiger partial charge in [0.05, 0.1) is 24.4 Å². The molecule has 11 nitrogen and oxygen atoms in total. The van der Waals surface area contributed by atoms with Crippen LogP contribution in [0.5, 0.6) is 0 Å². The first-order valence-electron chi connectivity index (χ1n) is 19.3. The Morgan fingerprint density at radius 3 is 2.13 bits per heavy atom. The number of carbonyl (C=O) groups excluding carboxylic acids is 2. The van der Waals surface area contributed by atoms with Gasteiger partial charge in [-0.2, -0.15) is 0 Å². The van der Waals surface area contributed by atoms with Crippen molar-refractivity contribution in [3.05, 3.63) is 36.5 Å². The third kappa shape index (κ3) is 13.3. The van der Waals surface area contributed by atoms with Crippen LogP contribution in [0.2, 0.25) is 0 Å².